The van der Waals surface area contributed by atoms with Crippen LogP contribution in [0.15, 0.2) is 18.3 Å². The average molecular weight is 303 g/mol. The predicted molar refractivity (Wildman–Crippen MR) is 66.4 cm³/mol. The van der Waals surface area contributed by atoms with Crippen LogP contribution in [0.3, 0.4) is 0 Å². The van der Waals surface area contributed by atoms with Gasteiger partial charge in [0.05, 0.1) is 2.88 Å². The van der Waals surface area contributed by atoms with E-state index < -0.39 is 0 Å². The Labute approximate surface area is 95.3 Å². The number of rotatable bonds is 1. The van der Waals surface area contributed by atoms with E-state index in [4.69, 9.17) is 0 Å². The van der Waals surface area contributed by atoms with Gasteiger partial charge in [0.1, 0.15) is 4.83 Å². The Balaban J connectivity index is 2.61. The van der Waals surface area contributed by atoms with Crippen LogP contribution in [-0.2, 0) is 0 Å². The van der Waals surface area contributed by atoms with Gasteiger partial charge in [0.25, 0.3) is 0 Å². The highest BCUT2D eigenvalue weighted by Crippen LogP contribution is 2.27. The molecular weight excluding hydrogens is 293 g/mol. The Kier molecular flexibility index (Phi) is 2.55. The van der Waals surface area contributed by atoms with Crippen LogP contribution in [0.25, 0.3) is 10.2 Å². The summed E-state index contributed by atoms with van der Waals surface area (Å²) >= 11 is 4.09. The smallest absolute Gasteiger partial charge is 0.124 e. The van der Waals surface area contributed by atoms with Crippen molar-refractivity contribution in [1.29, 1.82) is 0 Å². The van der Waals surface area contributed by atoms with Gasteiger partial charge in [-0.3, -0.25) is 0 Å². The summed E-state index contributed by atoms with van der Waals surface area (Å²) in [6.45, 7) is 4.39. The van der Waals surface area contributed by atoms with Gasteiger partial charge in [0, 0.05) is 11.6 Å². The SMILES string of the molecule is CC(C)c1cnc2sc(I)cc2c1. The van der Waals surface area contributed by atoms with Gasteiger partial charge in [-0.25, -0.2) is 4.98 Å². The lowest BCUT2D eigenvalue weighted by Crippen LogP contribution is -1.87. The zero-order chi connectivity index (χ0) is 9.42. The predicted octanol–water partition coefficient (Wildman–Crippen LogP) is 4.02. The van der Waals surface area contributed by atoms with Crippen LogP contribution in [0, 0.1) is 2.88 Å². The quantitative estimate of drug-likeness (QED) is 0.725. The van der Waals surface area contributed by atoms with E-state index in [-0.39, 0.29) is 0 Å². The Morgan fingerprint density at radius 3 is 2.85 bits per heavy atom. The molecule has 2 rings (SSSR count). The van der Waals surface area contributed by atoms with Gasteiger partial charge in [0.15, 0.2) is 0 Å². The molecule has 2 aromatic heterocycles. The minimum atomic E-state index is 0.564. The maximum absolute atomic E-state index is 4.44. The first-order valence-electron chi connectivity index (χ1n) is 4.22. The molecule has 0 amide bonds. The number of nitrogens with zero attached hydrogens (tertiary/aromatic N) is 1. The van der Waals surface area contributed by atoms with Crippen LogP contribution in [0.5, 0.6) is 0 Å². The Morgan fingerprint density at radius 2 is 2.15 bits per heavy atom. The van der Waals surface area contributed by atoms with Crippen LogP contribution < -0.4 is 0 Å². The first-order chi connectivity index (χ1) is 6.16. The second-order valence-corrected chi connectivity index (χ2v) is 6.29. The molecule has 0 unspecified atom stereocenters. The molecule has 0 fully saturated rings. The van der Waals surface area contributed by atoms with Crippen molar-refractivity contribution >= 4 is 44.1 Å². The lowest BCUT2D eigenvalue weighted by molar-refractivity contribution is 0.862. The van der Waals surface area contributed by atoms with Crippen LogP contribution in [0.2, 0.25) is 0 Å². The summed E-state index contributed by atoms with van der Waals surface area (Å²) in [5.74, 6) is 0.564. The van der Waals surface area contributed by atoms with Crippen LogP contribution in [0.4, 0.5) is 0 Å². The third-order valence-corrected chi connectivity index (χ3v) is 3.85. The van der Waals surface area contributed by atoms with Crippen molar-refractivity contribution in [2.45, 2.75) is 19.8 Å². The van der Waals surface area contributed by atoms with Crippen molar-refractivity contribution in [3.8, 4) is 0 Å². The van der Waals surface area contributed by atoms with E-state index in [0.717, 1.165) is 4.83 Å². The number of aromatic nitrogens is 1. The van der Waals surface area contributed by atoms with Gasteiger partial charge in [0.2, 0.25) is 0 Å². The highest BCUT2D eigenvalue weighted by atomic mass is 127. The molecule has 1 nitrogen and oxygen atoms in total. The molecule has 2 heterocycles. The van der Waals surface area contributed by atoms with Gasteiger partial charge in [-0.15, -0.1) is 11.3 Å². The lowest BCUT2D eigenvalue weighted by atomic mass is 10.1. The van der Waals surface area contributed by atoms with Gasteiger partial charge in [-0.1, -0.05) is 13.8 Å². The number of thiophene rings is 1. The molecule has 0 bridgehead atoms. The molecule has 0 aliphatic rings. The van der Waals surface area contributed by atoms with Gasteiger partial charge >= 0.3 is 0 Å². The molecule has 2 aromatic rings. The number of halogens is 1. The normalized spacial score (nSPS) is 11.4. The van der Waals surface area contributed by atoms with Crippen LogP contribution in [0.1, 0.15) is 25.3 Å². The molecule has 0 aliphatic carbocycles. The van der Waals surface area contributed by atoms with Gasteiger partial charge in [-0.05, 0) is 46.2 Å². The van der Waals surface area contributed by atoms with E-state index in [2.05, 4.69) is 53.6 Å². The number of hydrogen-bond donors (Lipinski definition) is 0. The minimum Gasteiger partial charge on any atom is -0.245 e. The molecule has 0 saturated heterocycles. The summed E-state index contributed by atoms with van der Waals surface area (Å²) in [4.78, 5) is 5.58. The monoisotopic (exact) mass is 303 g/mol. The second-order valence-electron chi connectivity index (χ2n) is 3.37. The van der Waals surface area contributed by atoms with Crippen molar-refractivity contribution in [2.24, 2.45) is 0 Å². The summed E-state index contributed by atoms with van der Waals surface area (Å²) in [5, 5.41) is 1.28. The highest BCUT2D eigenvalue weighted by molar-refractivity contribution is 14.1. The van der Waals surface area contributed by atoms with E-state index in [0.29, 0.717) is 5.92 Å². The standard InChI is InChI=1S/C10H10INS/c1-6(2)8-3-7-4-9(11)13-10(7)12-5-8/h3-6H,1-2H3. The van der Waals surface area contributed by atoms with E-state index in [9.17, 15) is 0 Å². The summed E-state index contributed by atoms with van der Waals surface area (Å²) in [5.41, 5.74) is 1.32. The largest absolute Gasteiger partial charge is 0.245 e. The van der Waals surface area contributed by atoms with E-state index in [1.54, 1.807) is 11.3 Å². The Bertz CT molecular complexity index is 433. The summed E-state index contributed by atoms with van der Waals surface area (Å²) < 4.78 is 1.31. The van der Waals surface area contributed by atoms with Crippen LogP contribution >= 0.6 is 33.9 Å². The van der Waals surface area contributed by atoms with Gasteiger partial charge in [-0.2, -0.15) is 0 Å². The molecule has 68 valence electrons. The fourth-order valence-corrected chi connectivity index (χ4v) is 2.91. The molecule has 0 saturated carbocycles. The van der Waals surface area contributed by atoms with Crippen molar-refractivity contribution in [3.63, 3.8) is 0 Å². The fraction of sp³-hybridized carbons (Fsp3) is 0.300. The van der Waals surface area contributed by atoms with Crippen molar-refractivity contribution < 1.29 is 0 Å². The Hall–Kier alpha value is -0.160. The maximum atomic E-state index is 4.44. The molecule has 0 atom stereocenters. The molecule has 0 aromatic carbocycles. The minimum absolute atomic E-state index is 0.564. The van der Waals surface area contributed by atoms with E-state index >= 15 is 0 Å². The molecular formula is C10H10INS. The first kappa shape index (κ1) is 9.40. The first-order valence-corrected chi connectivity index (χ1v) is 6.11. The van der Waals surface area contributed by atoms with Gasteiger partial charge < -0.3 is 0 Å². The summed E-state index contributed by atoms with van der Waals surface area (Å²) in [7, 11) is 0. The summed E-state index contributed by atoms with van der Waals surface area (Å²) in [6, 6.07) is 4.44. The zero-order valence-corrected chi connectivity index (χ0v) is 10.5. The van der Waals surface area contributed by atoms with E-state index in [1.807, 2.05) is 6.20 Å². The van der Waals surface area contributed by atoms with Crippen LogP contribution in [-0.4, -0.2) is 4.98 Å². The third-order valence-electron chi connectivity index (χ3n) is 2.03. The number of hydrogen-bond acceptors (Lipinski definition) is 2. The molecule has 0 N–H and O–H groups in total. The second kappa shape index (κ2) is 3.53. The molecule has 0 radical (unpaired) electrons. The topological polar surface area (TPSA) is 12.9 Å². The van der Waals surface area contributed by atoms with Crippen molar-refractivity contribution in [3.05, 3.63) is 26.8 Å². The van der Waals surface area contributed by atoms with E-state index in [1.165, 1.54) is 13.8 Å². The van der Waals surface area contributed by atoms with Crippen molar-refractivity contribution in [1.82, 2.24) is 4.98 Å². The molecule has 0 aliphatic heterocycles. The lowest BCUT2D eigenvalue weighted by Gasteiger charge is -2.02. The molecule has 3 heteroatoms. The maximum Gasteiger partial charge on any atom is 0.124 e. The zero-order valence-electron chi connectivity index (χ0n) is 7.54. The highest BCUT2D eigenvalue weighted by Gasteiger charge is 2.04. The third kappa shape index (κ3) is 1.86. The number of pyridine rings is 1. The summed E-state index contributed by atoms with van der Waals surface area (Å²) in [6.07, 6.45) is 1.99. The fourth-order valence-electron chi connectivity index (χ4n) is 1.23. The van der Waals surface area contributed by atoms with Crippen molar-refractivity contribution in [2.75, 3.05) is 0 Å². The molecule has 13 heavy (non-hydrogen) atoms. The molecule has 0 spiro atoms. The Morgan fingerprint density at radius 1 is 1.38 bits per heavy atom. The average Bonchev–Trinajstić information content (AvgIpc) is 2.42. The number of fused-ring (bicyclic) bond motifs is 1.